The summed E-state index contributed by atoms with van der Waals surface area (Å²) in [6.07, 6.45) is 3.26. The average Bonchev–Trinajstić information content (AvgIpc) is 2.43. The molecular weight excluding hydrogens is 254 g/mol. The highest BCUT2D eigenvalue weighted by Gasteiger charge is 2.02. The minimum absolute atomic E-state index is 0.0481. The Morgan fingerprint density at radius 1 is 1.20 bits per heavy atom. The molecule has 1 aromatic rings. The van der Waals surface area contributed by atoms with E-state index < -0.39 is 0 Å². The van der Waals surface area contributed by atoms with E-state index in [1.54, 1.807) is 0 Å². The molecule has 0 amide bonds. The molecule has 0 radical (unpaired) electrons. The zero-order chi connectivity index (χ0) is 14.8. The summed E-state index contributed by atoms with van der Waals surface area (Å²) in [5.41, 5.74) is 6.89. The van der Waals surface area contributed by atoms with Crippen molar-refractivity contribution in [3.05, 3.63) is 29.8 Å². The van der Waals surface area contributed by atoms with Crippen LogP contribution in [0.4, 0.5) is 0 Å². The van der Waals surface area contributed by atoms with Crippen LogP contribution in [0.5, 0.6) is 5.75 Å². The molecular formula is C16H25NO3. The Balaban J connectivity index is 2.10. The quantitative estimate of drug-likeness (QED) is 0.557. The van der Waals surface area contributed by atoms with Gasteiger partial charge in [-0.25, -0.2) is 0 Å². The highest BCUT2D eigenvalue weighted by molar-refractivity contribution is 5.69. The molecule has 0 aliphatic heterocycles. The molecule has 0 fully saturated rings. The van der Waals surface area contributed by atoms with Crippen molar-refractivity contribution in [3.63, 3.8) is 0 Å². The highest BCUT2D eigenvalue weighted by atomic mass is 16.5. The molecule has 0 saturated carbocycles. The van der Waals surface area contributed by atoms with Gasteiger partial charge in [-0.3, -0.25) is 4.79 Å². The van der Waals surface area contributed by atoms with Crippen LogP contribution in [0.3, 0.4) is 0 Å². The lowest BCUT2D eigenvalue weighted by molar-refractivity contribution is -0.143. The van der Waals surface area contributed by atoms with Crippen LogP contribution in [0.1, 0.15) is 51.1 Å². The van der Waals surface area contributed by atoms with E-state index in [1.807, 2.05) is 38.1 Å². The smallest absolute Gasteiger partial charge is 0.305 e. The van der Waals surface area contributed by atoms with Gasteiger partial charge in [-0.2, -0.15) is 0 Å². The van der Waals surface area contributed by atoms with Crippen LogP contribution in [-0.2, 0) is 9.53 Å². The summed E-state index contributed by atoms with van der Waals surface area (Å²) >= 11 is 0. The van der Waals surface area contributed by atoms with Crippen molar-refractivity contribution < 1.29 is 14.3 Å². The number of hydrogen-bond acceptors (Lipinski definition) is 4. The van der Waals surface area contributed by atoms with Gasteiger partial charge >= 0.3 is 5.97 Å². The minimum Gasteiger partial charge on any atom is -0.494 e. The SMILES string of the molecule is CCOC(=O)CCCCCOc1ccc([C@H](C)N)cc1. The first-order valence-electron chi connectivity index (χ1n) is 7.27. The van der Waals surface area contributed by atoms with Gasteiger partial charge in [-0.1, -0.05) is 12.1 Å². The summed E-state index contributed by atoms with van der Waals surface area (Å²) in [6.45, 7) is 4.90. The first kappa shape index (κ1) is 16.5. The molecule has 1 aromatic carbocycles. The fourth-order valence-corrected chi connectivity index (χ4v) is 1.84. The largest absolute Gasteiger partial charge is 0.494 e. The molecule has 1 rings (SSSR count). The zero-order valence-electron chi connectivity index (χ0n) is 12.4. The Bertz CT molecular complexity index is 387. The maximum absolute atomic E-state index is 11.1. The normalized spacial score (nSPS) is 11.9. The van der Waals surface area contributed by atoms with Crippen LogP contribution < -0.4 is 10.5 Å². The molecule has 4 nitrogen and oxygen atoms in total. The van der Waals surface area contributed by atoms with Crippen LogP contribution in [0, 0.1) is 0 Å². The Hall–Kier alpha value is -1.55. The van der Waals surface area contributed by atoms with E-state index in [9.17, 15) is 4.79 Å². The van der Waals surface area contributed by atoms with Crippen LogP contribution in [-0.4, -0.2) is 19.2 Å². The van der Waals surface area contributed by atoms with Gasteiger partial charge < -0.3 is 15.2 Å². The molecule has 0 spiro atoms. The molecule has 0 saturated heterocycles. The second-order valence-corrected chi connectivity index (χ2v) is 4.82. The number of benzene rings is 1. The number of hydrogen-bond donors (Lipinski definition) is 1. The lowest BCUT2D eigenvalue weighted by atomic mass is 10.1. The van der Waals surface area contributed by atoms with Crippen molar-refractivity contribution in [1.29, 1.82) is 0 Å². The monoisotopic (exact) mass is 279 g/mol. The van der Waals surface area contributed by atoms with Crippen LogP contribution in [0.25, 0.3) is 0 Å². The fourth-order valence-electron chi connectivity index (χ4n) is 1.84. The standard InChI is InChI=1S/C16H25NO3/c1-3-19-16(18)7-5-4-6-12-20-15-10-8-14(9-11-15)13(2)17/h8-11,13H,3-7,12,17H2,1-2H3/t13-/m0/s1. The van der Waals surface area contributed by atoms with Crippen molar-refractivity contribution in [1.82, 2.24) is 0 Å². The molecule has 112 valence electrons. The summed E-state index contributed by atoms with van der Waals surface area (Å²) in [5.74, 6) is 0.750. The van der Waals surface area contributed by atoms with Gasteiger partial charge in [0.05, 0.1) is 13.2 Å². The molecule has 0 aliphatic rings. The number of rotatable bonds is 9. The third-order valence-corrected chi connectivity index (χ3v) is 3.01. The first-order chi connectivity index (χ1) is 9.63. The average molecular weight is 279 g/mol. The van der Waals surface area contributed by atoms with Crippen LogP contribution in [0.15, 0.2) is 24.3 Å². The van der Waals surface area contributed by atoms with Crippen molar-refractivity contribution in [2.75, 3.05) is 13.2 Å². The van der Waals surface area contributed by atoms with E-state index in [2.05, 4.69) is 0 Å². The maximum atomic E-state index is 11.1. The Kier molecular flexibility index (Phi) is 7.73. The van der Waals surface area contributed by atoms with Gasteiger partial charge in [0.2, 0.25) is 0 Å². The van der Waals surface area contributed by atoms with Crippen molar-refractivity contribution in [3.8, 4) is 5.75 Å². The highest BCUT2D eigenvalue weighted by Crippen LogP contribution is 2.16. The van der Waals surface area contributed by atoms with Crippen LogP contribution in [0.2, 0.25) is 0 Å². The topological polar surface area (TPSA) is 61.5 Å². The second kappa shape index (κ2) is 9.37. The van der Waals surface area contributed by atoms with E-state index >= 15 is 0 Å². The summed E-state index contributed by atoms with van der Waals surface area (Å²) in [7, 11) is 0. The molecule has 0 aliphatic carbocycles. The lowest BCUT2D eigenvalue weighted by Gasteiger charge is -2.09. The van der Waals surface area contributed by atoms with E-state index in [0.717, 1.165) is 30.6 Å². The minimum atomic E-state index is -0.111. The van der Waals surface area contributed by atoms with Gasteiger partial charge in [0.1, 0.15) is 5.75 Å². The van der Waals surface area contributed by atoms with Gasteiger partial charge in [-0.15, -0.1) is 0 Å². The van der Waals surface area contributed by atoms with Crippen molar-refractivity contribution in [2.45, 2.75) is 45.6 Å². The molecule has 0 unspecified atom stereocenters. The number of nitrogens with two attached hydrogens (primary N) is 1. The van der Waals surface area contributed by atoms with Gasteiger partial charge in [-0.05, 0) is 50.8 Å². The van der Waals surface area contributed by atoms with E-state index in [4.69, 9.17) is 15.2 Å². The second-order valence-electron chi connectivity index (χ2n) is 4.82. The van der Waals surface area contributed by atoms with Gasteiger partial charge in [0.15, 0.2) is 0 Å². The maximum Gasteiger partial charge on any atom is 0.305 e. The predicted octanol–water partition coefficient (Wildman–Crippen LogP) is 3.21. The van der Waals surface area contributed by atoms with Gasteiger partial charge in [0.25, 0.3) is 0 Å². The van der Waals surface area contributed by atoms with Crippen molar-refractivity contribution >= 4 is 5.97 Å². The molecule has 4 heteroatoms. The number of carbonyl (C=O) groups is 1. The third-order valence-electron chi connectivity index (χ3n) is 3.01. The first-order valence-corrected chi connectivity index (χ1v) is 7.27. The Morgan fingerprint density at radius 3 is 2.50 bits per heavy atom. The van der Waals surface area contributed by atoms with Crippen LogP contribution >= 0.6 is 0 Å². The summed E-state index contributed by atoms with van der Waals surface area (Å²) in [6, 6.07) is 7.91. The zero-order valence-corrected chi connectivity index (χ0v) is 12.4. The van der Waals surface area contributed by atoms with E-state index in [-0.39, 0.29) is 12.0 Å². The predicted molar refractivity (Wildman–Crippen MR) is 79.6 cm³/mol. The number of carbonyl (C=O) groups excluding carboxylic acids is 1. The lowest BCUT2D eigenvalue weighted by Crippen LogP contribution is -2.05. The Labute approximate surface area is 121 Å². The molecule has 0 bridgehead atoms. The third kappa shape index (κ3) is 6.57. The molecule has 1 atom stereocenters. The molecule has 20 heavy (non-hydrogen) atoms. The van der Waals surface area contributed by atoms with E-state index in [0.29, 0.717) is 19.6 Å². The van der Waals surface area contributed by atoms with Crippen molar-refractivity contribution in [2.24, 2.45) is 5.73 Å². The summed E-state index contributed by atoms with van der Waals surface area (Å²) < 4.78 is 10.5. The Morgan fingerprint density at radius 2 is 1.90 bits per heavy atom. The number of ether oxygens (including phenoxy) is 2. The number of esters is 1. The number of unbranched alkanes of at least 4 members (excludes halogenated alkanes) is 2. The van der Waals surface area contributed by atoms with E-state index in [1.165, 1.54) is 0 Å². The molecule has 2 N–H and O–H groups in total. The van der Waals surface area contributed by atoms with Gasteiger partial charge in [0, 0.05) is 12.5 Å². The molecule has 0 aromatic heterocycles. The fraction of sp³-hybridized carbons (Fsp3) is 0.562. The summed E-state index contributed by atoms with van der Waals surface area (Å²) in [4.78, 5) is 11.1. The molecule has 0 heterocycles. The summed E-state index contributed by atoms with van der Waals surface area (Å²) in [5, 5.41) is 0.